The molecule has 0 saturated carbocycles. The Labute approximate surface area is 131 Å². The first-order chi connectivity index (χ1) is 9.85. The molecule has 0 aromatic rings. The van der Waals surface area contributed by atoms with E-state index in [9.17, 15) is 19.5 Å². The van der Waals surface area contributed by atoms with E-state index in [1.807, 2.05) is 0 Å². The Kier molecular flexibility index (Phi) is 7.35. The lowest BCUT2D eigenvalue weighted by molar-refractivity contribution is -0.309. The summed E-state index contributed by atoms with van der Waals surface area (Å²) < 4.78 is 5.11. The molecule has 0 aliphatic heterocycles. The average Bonchev–Trinajstić information content (AvgIpc) is 2.29. The molecule has 22 heavy (non-hydrogen) atoms. The summed E-state index contributed by atoms with van der Waals surface area (Å²) in [6.45, 7) is 11.9. The van der Waals surface area contributed by atoms with Gasteiger partial charge in [-0.1, -0.05) is 27.7 Å². The van der Waals surface area contributed by atoms with Crippen LogP contribution in [-0.2, 0) is 14.3 Å². The number of ether oxygens (including phenoxy) is 1. The molecule has 0 aliphatic rings. The van der Waals surface area contributed by atoms with Gasteiger partial charge >= 0.3 is 6.09 Å². The summed E-state index contributed by atoms with van der Waals surface area (Å²) in [5.74, 6) is -2.50. The van der Waals surface area contributed by atoms with Gasteiger partial charge in [0.15, 0.2) is 0 Å². The summed E-state index contributed by atoms with van der Waals surface area (Å²) in [5, 5.41) is 15.9. The first kappa shape index (κ1) is 20.2. The van der Waals surface area contributed by atoms with E-state index in [1.165, 1.54) is 0 Å². The fourth-order valence-corrected chi connectivity index (χ4v) is 1.71. The van der Waals surface area contributed by atoms with Crippen molar-refractivity contribution in [2.24, 2.45) is 11.8 Å². The Bertz CT molecular complexity index is 413. The Morgan fingerprint density at radius 3 is 1.68 bits per heavy atom. The molecule has 128 valence electrons. The molecular weight excluding hydrogens is 288 g/mol. The Morgan fingerprint density at radius 2 is 1.36 bits per heavy atom. The molecular formula is C15H27N2O5-. The first-order valence-electron chi connectivity index (χ1n) is 7.36. The third-order valence-electron chi connectivity index (χ3n) is 2.84. The topological polar surface area (TPSA) is 108 Å². The van der Waals surface area contributed by atoms with E-state index in [0.717, 1.165) is 0 Å². The quantitative estimate of drug-likeness (QED) is 0.739. The molecule has 0 saturated heterocycles. The van der Waals surface area contributed by atoms with Gasteiger partial charge in [0.1, 0.15) is 11.6 Å². The number of hydrogen-bond donors (Lipinski definition) is 2. The van der Waals surface area contributed by atoms with Crippen LogP contribution in [0.2, 0.25) is 0 Å². The lowest BCUT2D eigenvalue weighted by Gasteiger charge is -2.29. The minimum atomic E-state index is -1.36. The van der Waals surface area contributed by atoms with Crippen molar-refractivity contribution in [3.05, 3.63) is 0 Å². The summed E-state index contributed by atoms with van der Waals surface area (Å²) in [4.78, 5) is 35.1. The summed E-state index contributed by atoms with van der Waals surface area (Å²) in [6, 6.07) is -2.01. The number of carboxylic acids is 1. The van der Waals surface area contributed by atoms with Crippen LogP contribution >= 0.6 is 0 Å². The van der Waals surface area contributed by atoms with Crippen LogP contribution in [0.25, 0.3) is 0 Å². The minimum absolute atomic E-state index is 0.234. The zero-order valence-corrected chi connectivity index (χ0v) is 14.4. The average molecular weight is 315 g/mol. The summed E-state index contributed by atoms with van der Waals surface area (Å²) >= 11 is 0. The molecule has 0 rings (SSSR count). The predicted octanol–water partition coefficient (Wildman–Crippen LogP) is 0.426. The van der Waals surface area contributed by atoms with Crippen molar-refractivity contribution in [3.8, 4) is 0 Å². The molecule has 0 heterocycles. The van der Waals surface area contributed by atoms with Crippen molar-refractivity contribution in [2.45, 2.75) is 66.2 Å². The normalized spacial score (nSPS) is 14.4. The lowest BCUT2D eigenvalue weighted by Crippen LogP contribution is -2.57. The molecule has 0 radical (unpaired) electrons. The standard InChI is InChI=1S/C15H28N2O5/c1-8(2)10(17-14(21)22-15(5,6)7)12(18)16-11(9(3)4)13(19)20/h8-11H,1-7H3,(H,16,18)(H,17,21)(H,19,20)/p-1/t10-,11-/m0/s1. The van der Waals surface area contributed by atoms with Gasteiger partial charge in [-0.25, -0.2) is 4.79 Å². The van der Waals surface area contributed by atoms with E-state index in [0.29, 0.717) is 0 Å². The third kappa shape index (κ3) is 7.28. The van der Waals surface area contributed by atoms with Gasteiger partial charge in [-0.3, -0.25) is 4.79 Å². The van der Waals surface area contributed by atoms with E-state index >= 15 is 0 Å². The Morgan fingerprint density at radius 1 is 0.909 bits per heavy atom. The highest BCUT2D eigenvalue weighted by molar-refractivity contribution is 5.89. The number of carbonyl (C=O) groups is 3. The summed E-state index contributed by atoms with van der Waals surface area (Å²) in [7, 11) is 0. The minimum Gasteiger partial charge on any atom is -0.548 e. The van der Waals surface area contributed by atoms with Crippen molar-refractivity contribution in [1.29, 1.82) is 0 Å². The molecule has 0 aromatic heterocycles. The molecule has 0 spiro atoms. The lowest BCUT2D eigenvalue weighted by atomic mass is 10.0. The monoisotopic (exact) mass is 315 g/mol. The van der Waals surface area contributed by atoms with Gasteiger partial charge in [0.25, 0.3) is 0 Å². The molecule has 2 amide bonds. The van der Waals surface area contributed by atoms with Gasteiger partial charge in [-0.05, 0) is 32.6 Å². The van der Waals surface area contributed by atoms with E-state index in [2.05, 4.69) is 10.6 Å². The van der Waals surface area contributed by atoms with Crippen LogP contribution in [0.15, 0.2) is 0 Å². The van der Waals surface area contributed by atoms with Crippen molar-refractivity contribution in [1.82, 2.24) is 10.6 Å². The highest BCUT2D eigenvalue weighted by Gasteiger charge is 2.29. The second-order valence-electron chi connectivity index (χ2n) is 6.92. The highest BCUT2D eigenvalue weighted by atomic mass is 16.6. The molecule has 0 fully saturated rings. The van der Waals surface area contributed by atoms with E-state index in [4.69, 9.17) is 4.74 Å². The number of amides is 2. The number of carbonyl (C=O) groups excluding carboxylic acids is 3. The number of hydrogen-bond acceptors (Lipinski definition) is 5. The van der Waals surface area contributed by atoms with Crippen LogP contribution in [0.4, 0.5) is 4.79 Å². The Balaban J connectivity index is 4.92. The van der Waals surface area contributed by atoms with Crippen molar-refractivity contribution in [3.63, 3.8) is 0 Å². The number of alkyl carbamates (subject to hydrolysis) is 1. The van der Waals surface area contributed by atoms with Gasteiger partial charge in [0.2, 0.25) is 5.91 Å². The van der Waals surface area contributed by atoms with Crippen LogP contribution in [0.3, 0.4) is 0 Å². The van der Waals surface area contributed by atoms with E-state index in [1.54, 1.807) is 48.5 Å². The van der Waals surface area contributed by atoms with Crippen LogP contribution < -0.4 is 15.7 Å². The Hall–Kier alpha value is -1.79. The smallest absolute Gasteiger partial charge is 0.408 e. The number of nitrogens with one attached hydrogen (secondary N) is 2. The molecule has 7 heteroatoms. The predicted molar refractivity (Wildman–Crippen MR) is 79.8 cm³/mol. The van der Waals surface area contributed by atoms with Gasteiger partial charge in [0, 0.05) is 0 Å². The molecule has 2 N–H and O–H groups in total. The molecule has 2 atom stereocenters. The number of carboxylic acid groups (broad SMARTS) is 1. The van der Waals surface area contributed by atoms with Gasteiger partial charge in [0.05, 0.1) is 12.0 Å². The molecule has 0 bridgehead atoms. The zero-order chi connectivity index (χ0) is 17.7. The number of aliphatic carboxylic acids is 1. The van der Waals surface area contributed by atoms with Crippen LogP contribution in [0, 0.1) is 11.8 Å². The second kappa shape index (κ2) is 8.00. The van der Waals surface area contributed by atoms with Crippen LogP contribution in [0.5, 0.6) is 0 Å². The number of rotatable bonds is 6. The molecule has 0 aromatic carbocycles. The SMILES string of the molecule is CC(C)[C@H](NC(=O)[C@@H](NC(=O)OC(C)(C)C)C(C)C)C(=O)[O-]. The maximum absolute atomic E-state index is 12.2. The first-order valence-corrected chi connectivity index (χ1v) is 7.36. The second-order valence-corrected chi connectivity index (χ2v) is 6.92. The van der Waals surface area contributed by atoms with Crippen LogP contribution in [-0.4, -0.2) is 35.7 Å². The van der Waals surface area contributed by atoms with Crippen molar-refractivity contribution in [2.75, 3.05) is 0 Å². The van der Waals surface area contributed by atoms with Crippen LogP contribution in [0.1, 0.15) is 48.5 Å². The fraction of sp³-hybridized carbons (Fsp3) is 0.800. The summed E-state index contributed by atoms with van der Waals surface area (Å²) in [5.41, 5.74) is -0.687. The van der Waals surface area contributed by atoms with Gasteiger partial charge < -0.3 is 25.3 Å². The van der Waals surface area contributed by atoms with Gasteiger partial charge in [-0.15, -0.1) is 0 Å². The van der Waals surface area contributed by atoms with E-state index in [-0.39, 0.29) is 11.8 Å². The van der Waals surface area contributed by atoms with E-state index < -0.39 is 35.7 Å². The molecule has 0 unspecified atom stereocenters. The van der Waals surface area contributed by atoms with Gasteiger partial charge in [-0.2, -0.15) is 0 Å². The third-order valence-corrected chi connectivity index (χ3v) is 2.84. The van der Waals surface area contributed by atoms with Crippen molar-refractivity contribution >= 4 is 18.0 Å². The maximum Gasteiger partial charge on any atom is 0.408 e. The largest absolute Gasteiger partial charge is 0.548 e. The zero-order valence-electron chi connectivity index (χ0n) is 14.4. The van der Waals surface area contributed by atoms with Crippen molar-refractivity contribution < 1.29 is 24.2 Å². The molecule has 0 aliphatic carbocycles. The fourth-order valence-electron chi connectivity index (χ4n) is 1.71. The highest BCUT2D eigenvalue weighted by Crippen LogP contribution is 2.10. The molecule has 7 nitrogen and oxygen atoms in total. The maximum atomic E-state index is 12.2. The summed E-state index contributed by atoms with van der Waals surface area (Å²) in [6.07, 6.45) is -0.726.